The van der Waals surface area contributed by atoms with Gasteiger partial charge in [0.05, 0.1) is 0 Å². The third kappa shape index (κ3) is 3.96. The molecule has 0 aliphatic heterocycles. The standard InChI is InChI=1S/C39H23N3O/c1-2-9-25(10-3-1)37-40-38(29-16-18-32-28(20-29)15-14-24-8-6-7-13-31(24)32)42-39(41-37)30-17-19-33-34-21-26-11-4-5-12-27(26)22-36(34)43-35(33)23-30/h1-23H. The zero-order valence-electron chi connectivity index (χ0n) is 23.0. The molecule has 4 nitrogen and oxygen atoms in total. The third-order valence-electron chi connectivity index (χ3n) is 8.27. The van der Waals surface area contributed by atoms with E-state index in [9.17, 15) is 0 Å². The third-order valence-corrected chi connectivity index (χ3v) is 8.27. The molecule has 0 atom stereocenters. The van der Waals surface area contributed by atoms with Crippen molar-refractivity contribution < 1.29 is 4.42 Å². The summed E-state index contributed by atoms with van der Waals surface area (Å²) < 4.78 is 6.36. The molecular formula is C39H23N3O. The Balaban J connectivity index is 1.22. The van der Waals surface area contributed by atoms with Gasteiger partial charge < -0.3 is 4.42 Å². The molecule has 0 saturated carbocycles. The first-order chi connectivity index (χ1) is 21.3. The van der Waals surface area contributed by atoms with E-state index in [1.165, 1.54) is 21.5 Å². The Morgan fingerprint density at radius 2 is 0.884 bits per heavy atom. The minimum Gasteiger partial charge on any atom is -0.456 e. The van der Waals surface area contributed by atoms with E-state index in [-0.39, 0.29) is 0 Å². The summed E-state index contributed by atoms with van der Waals surface area (Å²) in [5, 5.41) is 9.35. The van der Waals surface area contributed by atoms with Gasteiger partial charge in [-0.2, -0.15) is 0 Å². The zero-order valence-corrected chi connectivity index (χ0v) is 23.0. The second-order valence-electron chi connectivity index (χ2n) is 10.9. The summed E-state index contributed by atoms with van der Waals surface area (Å²) in [5.74, 6) is 1.88. The molecule has 0 bridgehead atoms. The van der Waals surface area contributed by atoms with Gasteiger partial charge in [-0.1, -0.05) is 109 Å². The van der Waals surface area contributed by atoms with Gasteiger partial charge in [0.1, 0.15) is 11.2 Å². The molecule has 9 rings (SSSR count). The summed E-state index contributed by atoms with van der Waals surface area (Å²) in [6.07, 6.45) is 0. The first-order valence-corrected chi connectivity index (χ1v) is 14.4. The van der Waals surface area contributed by atoms with E-state index in [0.29, 0.717) is 17.5 Å². The Hall–Kier alpha value is -5.87. The van der Waals surface area contributed by atoms with Crippen LogP contribution in [0.5, 0.6) is 0 Å². The maximum atomic E-state index is 6.36. The Labute approximate surface area is 246 Å². The molecule has 0 saturated heterocycles. The first kappa shape index (κ1) is 23.8. The van der Waals surface area contributed by atoms with E-state index in [1.807, 2.05) is 36.4 Å². The van der Waals surface area contributed by atoms with Crippen LogP contribution in [0.4, 0.5) is 0 Å². The lowest BCUT2D eigenvalue weighted by Gasteiger charge is -2.10. The van der Waals surface area contributed by atoms with Crippen molar-refractivity contribution in [3.63, 3.8) is 0 Å². The number of benzene rings is 7. The summed E-state index contributed by atoms with van der Waals surface area (Å²) in [7, 11) is 0. The van der Waals surface area contributed by atoms with Crippen LogP contribution in [0, 0.1) is 0 Å². The highest BCUT2D eigenvalue weighted by Crippen LogP contribution is 2.35. The summed E-state index contributed by atoms with van der Waals surface area (Å²) in [6.45, 7) is 0. The first-order valence-electron chi connectivity index (χ1n) is 14.4. The number of hydrogen-bond donors (Lipinski definition) is 0. The number of hydrogen-bond acceptors (Lipinski definition) is 4. The van der Waals surface area contributed by atoms with Gasteiger partial charge in [-0.15, -0.1) is 0 Å². The van der Waals surface area contributed by atoms with E-state index in [1.54, 1.807) is 0 Å². The Morgan fingerprint density at radius 3 is 1.67 bits per heavy atom. The number of furan rings is 1. The predicted octanol–water partition coefficient (Wildman–Crippen LogP) is 10.2. The predicted molar refractivity (Wildman–Crippen MR) is 176 cm³/mol. The molecule has 0 radical (unpaired) electrons. The Bertz CT molecular complexity index is 2510. The van der Waals surface area contributed by atoms with E-state index < -0.39 is 0 Å². The summed E-state index contributed by atoms with van der Waals surface area (Å²) >= 11 is 0. The second kappa shape index (κ2) is 9.33. The lowest BCUT2D eigenvalue weighted by atomic mass is 10.00. The normalized spacial score (nSPS) is 11.7. The molecule has 2 heterocycles. The van der Waals surface area contributed by atoms with Gasteiger partial charge in [-0.3, -0.25) is 0 Å². The minimum absolute atomic E-state index is 0.606. The lowest BCUT2D eigenvalue weighted by molar-refractivity contribution is 0.669. The van der Waals surface area contributed by atoms with Crippen molar-refractivity contribution in [2.24, 2.45) is 0 Å². The SMILES string of the molecule is c1ccc(-c2nc(-c3ccc4c(ccc5ccccc54)c3)nc(-c3ccc4c(c3)oc3cc5ccccc5cc34)n2)cc1. The number of rotatable bonds is 3. The molecule has 0 N–H and O–H groups in total. The highest BCUT2D eigenvalue weighted by molar-refractivity contribution is 6.11. The molecular weight excluding hydrogens is 526 g/mol. The fourth-order valence-corrected chi connectivity index (χ4v) is 6.10. The maximum Gasteiger partial charge on any atom is 0.164 e. The quantitative estimate of drug-likeness (QED) is 0.206. The van der Waals surface area contributed by atoms with E-state index in [2.05, 4.69) is 103 Å². The van der Waals surface area contributed by atoms with Crippen molar-refractivity contribution in [2.45, 2.75) is 0 Å². The van der Waals surface area contributed by atoms with Crippen molar-refractivity contribution in [1.29, 1.82) is 0 Å². The van der Waals surface area contributed by atoms with Gasteiger partial charge in [-0.05, 0) is 62.6 Å². The number of nitrogens with zero attached hydrogens (tertiary/aromatic N) is 3. The van der Waals surface area contributed by atoms with Crippen molar-refractivity contribution in [3.05, 3.63) is 140 Å². The zero-order chi connectivity index (χ0) is 28.3. The van der Waals surface area contributed by atoms with Gasteiger partial charge in [0.2, 0.25) is 0 Å². The van der Waals surface area contributed by atoms with Crippen molar-refractivity contribution in [2.75, 3.05) is 0 Å². The van der Waals surface area contributed by atoms with Crippen LogP contribution in [0.15, 0.2) is 144 Å². The van der Waals surface area contributed by atoms with Crippen LogP contribution in [0.1, 0.15) is 0 Å². The van der Waals surface area contributed by atoms with Crippen LogP contribution >= 0.6 is 0 Å². The van der Waals surface area contributed by atoms with Gasteiger partial charge in [0.25, 0.3) is 0 Å². The average molecular weight is 550 g/mol. The monoisotopic (exact) mass is 549 g/mol. The molecule has 0 amide bonds. The van der Waals surface area contributed by atoms with Gasteiger partial charge in [0, 0.05) is 27.5 Å². The van der Waals surface area contributed by atoms with Crippen LogP contribution in [-0.4, -0.2) is 15.0 Å². The molecule has 9 aromatic rings. The van der Waals surface area contributed by atoms with Crippen molar-refractivity contribution in [1.82, 2.24) is 15.0 Å². The maximum absolute atomic E-state index is 6.36. The molecule has 200 valence electrons. The Morgan fingerprint density at radius 1 is 0.326 bits per heavy atom. The van der Waals surface area contributed by atoms with Gasteiger partial charge in [0.15, 0.2) is 17.5 Å². The largest absolute Gasteiger partial charge is 0.456 e. The lowest BCUT2D eigenvalue weighted by Crippen LogP contribution is -2.00. The molecule has 0 aliphatic carbocycles. The van der Waals surface area contributed by atoms with E-state index in [4.69, 9.17) is 19.4 Å². The molecule has 7 aromatic carbocycles. The van der Waals surface area contributed by atoms with E-state index in [0.717, 1.165) is 49.4 Å². The van der Waals surface area contributed by atoms with Crippen LogP contribution in [0.2, 0.25) is 0 Å². The van der Waals surface area contributed by atoms with Crippen LogP contribution in [-0.2, 0) is 0 Å². The van der Waals surface area contributed by atoms with Crippen LogP contribution in [0.25, 0.3) is 88.4 Å². The number of fused-ring (bicyclic) bond motifs is 7. The Kier molecular flexibility index (Phi) is 5.16. The smallest absolute Gasteiger partial charge is 0.164 e. The van der Waals surface area contributed by atoms with Crippen molar-refractivity contribution >= 4 is 54.3 Å². The highest BCUT2D eigenvalue weighted by atomic mass is 16.3. The average Bonchev–Trinajstić information content (AvgIpc) is 3.43. The summed E-state index contributed by atoms with van der Waals surface area (Å²) in [4.78, 5) is 14.9. The number of aromatic nitrogens is 3. The molecule has 0 spiro atoms. The molecule has 4 heteroatoms. The van der Waals surface area contributed by atoms with Gasteiger partial charge in [-0.25, -0.2) is 15.0 Å². The van der Waals surface area contributed by atoms with Crippen LogP contribution in [0.3, 0.4) is 0 Å². The summed E-state index contributed by atoms with van der Waals surface area (Å²) in [5.41, 5.74) is 4.44. The fraction of sp³-hybridized carbons (Fsp3) is 0. The molecule has 0 unspecified atom stereocenters. The van der Waals surface area contributed by atoms with E-state index >= 15 is 0 Å². The van der Waals surface area contributed by atoms with Gasteiger partial charge >= 0.3 is 0 Å². The minimum atomic E-state index is 0.606. The van der Waals surface area contributed by atoms with Crippen LogP contribution < -0.4 is 0 Å². The fourth-order valence-electron chi connectivity index (χ4n) is 6.10. The highest BCUT2D eigenvalue weighted by Gasteiger charge is 2.15. The second-order valence-corrected chi connectivity index (χ2v) is 10.9. The summed E-state index contributed by atoms with van der Waals surface area (Å²) in [6, 6.07) is 48.2. The van der Waals surface area contributed by atoms with Crippen molar-refractivity contribution in [3.8, 4) is 34.2 Å². The topological polar surface area (TPSA) is 51.8 Å². The molecule has 2 aromatic heterocycles. The molecule has 0 fully saturated rings. The molecule has 43 heavy (non-hydrogen) atoms. The molecule has 0 aliphatic rings.